The Bertz CT molecular complexity index is 747. The number of carbonyl (C=O) groups is 2. The Morgan fingerprint density at radius 2 is 1.75 bits per heavy atom. The van der Waals surface area contributed by atoms with E-state index in [-0.39, 0.29) is 31.2 Å². The first-order valence-corrected chi connectivity index (χ1v) is 9.50. The van der Waals surface area contributed by atoms with E-state index in [9.17, 15) is 9.59 Å². The van der Waals surface area contributed by atoms with E-state index in [1.165, 1.54) is 0 Å². The summed E-state index contributed by atoms with van der Waals surface area (Å²) in [5, 5.41) is 5.43. The van der Waals surface area contributed by atoms with Crippen LogP contribution in [-0.2, 0) is 16.1 Å². The lowest BCUT2D eigenvalue weighted by Gasteiger charge is -2.29. The smallest absolute Gasteiger partial charge is 0.407 e. The molecule has 1 aromatic carbocycles. The average Bonchev–Trinajstić information content (AvgIpc) is 2.74. The van der Waals surface area contributed by atoms with Crippen molar-refractivity contribution in [2.24, 2.45) is 0 Å². The van der Waals surface area contributed by atoms with Crippen LogP contribution in [0.3, 0.4) is 0 Å². The van der Waals surface area contributed by atoms with Crippen molar-refractivity contribution in [2.75, 3.05) is 6.54 Å². The molecule has 0 bridgehead atoms. The second-order valence-electron chi connectivity index (χ2n) is 6.74. The maximum atomic E-state index is 12.0. The molecule has 3 rings (SSSR count). The summed E-state index contributed by atoms with van der Waals surface area (Å²) in [7, 11) is 0. The Hall–Kier alpha value is -3.09. The highest BCUT2D eigenvalue weighted by atomic mass is 16.5. The molecular formula is C21H25N3O4. The number of hydrogen-bond donors (Lipinski definition) is 2. The zero-order valence-electron chi connectivity index (χ0n) is 15.7. The molecular weight excluding hydrogens is 358 g/mol. The van der Waals surface area contributed by atoms with Crippen LogP contribution in [0.25, 0.3) is 0 Å². The van der Waals surface area contributed by atoms with Gasteiger partial charge in [0.15, 0.2) is 0 Å². The molecule has 1 heterocycles. The van der Waals surface area contributed by atoms with Crippen molar-refractivity contribution in [2.45, 2.75) is 44.4 Å². The second-order valence-corrected chi connectivity index (χ2v) is 6.74. The highest BCUT2D eigenvalue weighted by Gasteiger charge is 2.24. The predicted octanol–water partition coefficient (Wildman–Crippen LogP) is 2.81. The number of rotatable bonds is 7. The molecule has 0 spiro atoms. The van der Waals surface area contributed by atoms with Crippen LogP contribution in [0.5, 0.6) is 5.88 Å². The summed E-state index contributed by atoms with van der Waals surface area (Å²) in [4.78, 5) is 27.9. The molecule has 28 heavy (non-hydrogen) atoms. The van der Waals surface area contributed by atoms with Gasteiger partial charge in [-0.1, -0.05) is 36.4 Å². The van der Waals surface area contributed by atoms with E-state index in [1.54, 1.807) is 6.20 Å². The number of hydrogen-bond acceptors (Lipinski definition) is 5. The van der Waals surface area contributed by atoms with Crippen LogP contribution in [-0.4, -0.2) is 35.7 Å². The minimum Gasteiger partial charge on any atom is -0.474 e. The Labute approximate surface area is 164 Å². The number of carbonyl (C=O) groups excluding carboxylic acids is 2. The third-order valence-electron chi connectivity index (χ3n) is 4.57. The van der Waals surface area contributed by atoms with Crippen LogP contribution >= 0.6 is 0 Å². The molecule has 1 aromatic heterocycles. The molecule has 7 heteroatoms. The lowest BCUT2D eigenvalue weighted by atomic mass is 9.93. The molecule has 0 aliphatic heterocycles. The normalized spacial score (nSPS) is 18.7. The van der Waals surface area contributed by atoms with Crippen LogP contribution in [0.4, 0.5) is 4.79 Å². The van der Waals surface area contributed by atoms with Crippen molar-refractivity contribution in [3.05, 3.63) is 60.3 Å². The summed E-state index contributed by atoms with van der Waals surface area (Å²) in [6.45, 7) is 0.0760. The minimum absolute atomic E-state index is 0.0956. The molecule has 0 atom stereocenters. The summed E-state index contributed by atoms with van der Waals surface area (Å²) >= 11 is 0. The Morgan fingerprint density at radius 1 is 1.00 bits per heavy atom. The van der Waals surface area contributed by atoms with Gasteiger partial charge in [-0.05, 0) is 37.3 Å². The number of amides is 2. The van der Waals surface area contributed by atoms with E-state index >= 15 is 0 Å². The standard InChI is InChI=1S/C21H25N3O4/c25-19(14-23-21(26)27-15-16-6-2-1-3-7-16)24-17-9-11-18(12-10-17)28-20-8-4-5-13-22-20/h1-8,13,17-18H,9-12,14-15H2,(H,23,26)(H,24,25). The van der Waals surface area contributed by atoms with Crippen LogP contribution < -0.4 is 15.4 Å². The number of benzene rings is 1. The fourth-order valence-corrected chi connectivity index (χ4v) is 3.12. The van der Waals surface area contributed by atoms with Gasteiger partial charge in [0.05, 0.1) is 0 Å². The maximum absolute atomic E-state index is 12.0. The van der Waals surface area contributed by atoms with Crippen molar-refractivity contribution in [1.82, 2.24) is 15.6 Å². The zero-order chi connectivity index (χ0) is 19.6. The molecule has 2 aromatic rings. The monoisotopic (exact) mass is 383 g/mol. The molecule has 7 nitrogen and oxygen atoms in total. The number of ether oxygens (including phenoxy) is 2. The van der Waals surface area contributed by atoms with Crippen molar-refractivity contribution in [1.29, 1.82) is 0 Å². The quantitative estimate of drug-likeness (QED) is 0.767. The fraction of sp³-hybridized carbons (Fsp3) is 0.381. The van der Waals surface area contributed by atoms with Crippen molar-refractivity contribution >= 4 is 12.0 Å². The first-order valence-electron chi connectivity index (χ1n) is 9.50. The summed E-state index contributed by atoms with van der Waals surface area (Å²) in [5.74, 6) is 0.416. The number of aromatic nitrogens is 1. The van der Waals surface area contributed by atoms with Crippen molar-refractivity contribution < 1.29 is 19.1 Å². The van der Waals surface area contributed by atoms with Gasteiger partial charge in [0.1, 0.15) is 19.3 Å². The molecule has 0 saturated heterocycles. The van der Waals surface area contributed by atoms with Gasteiger partial charge in [-0.2, -0.15) is 0 Å². The third-order valence-corrected chi connectivity index (χ3v) is 4.57. The molecule has 1 saturated carbocycles. The highest BCUT2D eigenvalue weighted by molar-refractivity contribution is 5.82. The number of nitrogens with zero attached hydrogens (tertiary/aromatic N) is 1. The van der Waals surface area contributed by atoms with Crippen LogP contribution in [0, 0.1) is 0 Å². The molecule has 1 fully saturated rings. The highest BCUT2D eigenvalue weighted by Crippen LogP contribution is 2.22. The van der Waals surface area contributed by atoms with Gasteiger partial charge in [-0.3, -0.25) is 4.79 Å². The Kier molecular flexibility index (Phi) is 7.23. The van der Waals surface area contributed by atoms with E-state index in [4.69, 9.17) is 9.47 Å². The zero-order valence-corrected chi connectivity index (χ0v) is 15.7. The van der Waals surface area contributed by atoms with E-state index in [2.05, 4.69) is 15.6 Å². The predicted molar refractivity (Wildman–Crippen MR) is 104 cm³/mol. The van der Waals surface area contributed by atoms with Crippen LogP contribution in [0.1, 0.15) is 31.2 Å². The second kappa shape index (κ2) is 10.3. The molecule has 0 unspecified atom stereocenters. The van der Waals surface area contributed by atoms with Gasteiger partial charge in [-0.15, -0.1) is 0 Å². The molecule has 148 valence electrons. The van der Waals surface area contributed by atoms with E-state index in [0.717, 1.165) is 31.2 Å². The van der Waals surface area contributed by atoms with Gasteiger partial charge in [0.2, 0.25) is 11.8 Å². The summed E-state index contributed by atoms with van der Waals surface area (Å²) in [5.41, 5.74) is 0.895. The van der Waals surface area contributed by atoms with Gasteiger partial charge < -0.3 is 20.1 Å². The van der Waals surface area contributed by atoms with Gasteiger partial charge in [0, 0.05) is 18.3 Å². The summed E-state index contributed by atoms with van der Waals surface area (Å²) in [6.07, 6.45) is 4.60. The fourth-order valence-electron chi connectivity index (χ4n) is 3.12. The largest absolute Gasteiger partial charge is 0.474 e. The summed E-state index contributed by atoms with van der Waals surface area (Å²) in [6, 6.07) is 15.1. The van der Waals surface area contributed by atoms with E-state index in [1.807, 2.05) is 48.5 Å². The number of pyridine rings is 1. The lowest BCUT2D eigenvalue weighted by Crippen LogP contribution is -2.44. The summed E-state index contributed by atoms with van der Waals surface area (Å²) < 4.78 is 10.9. The van der Waals surface area contributed by atoms with Crippen molar-refractivity contribution in [3.63, 3.8) is 0 Å². The van der Waals surface area contributed by atoms with Gasteiger partial charge >= 0.3 is 6.09 Å². The van der Waals surface area contributed by atoms with E-state index in [0.29, 0.717) is 5.88 Å². The Morgan fingerprint density at radius 3 is 2.46 bits per heavy atom. The molecule has 2 amide bonds. The SMILES string of the molecule is O=C(CNC(=O)OCc1ccccc1)NC1CCC(Oc2ccccn2)CC1. The molecule has 1 aliphatic carbocycles. The Balaban J connectivity index is 1.29. The average molecular weight is 383 g/mol. The molecule has 1 aliphatic rings. The van der Waals surface area contributed by atoms with Crippen LogP contribution in [0.2, 0.25) is 0 Å². The first-order chi connectivity index (χ1) is 13.7. The number of alkyl carbamates (subject to hydrolysis) is 1. The topological polar surface area (TPSA) is 89.6 Å². The van der Waals surface area contributed by atoms with E-state index < -0.39 is 6.09 Å². The number of nitrogens with one attached hydrogen (secondary N) is 2. The molecule has 2 N–H and O–H groups in total. The van der Waals surface area contributed by atoms with Crippen LogP contribution in [0.15, 0.2) is 54.7 Å². The molecule has 0 radical (unpaired) electrons. The van der Waals surface area contributed by atoms with Gasteiger partial charge in [-0.25, -0.2) is 9.78 Å². The maximum Gasteiger partial charge on any atom is 0.407 e. The lowest BCUT2D eigenvalue weighted by molar-refractivity contribution is -0.121. The minimum atomic E-state index is -0.605. The van der Waals surface area contributed by atoms with Gasteiger partial charge in [0.25, 0.3) is 0 Å². The first kappa shape index (κ1) is 19.7. The third kappa shape index (κ3) is 6.57. The van der Waals surface area contributed by atoms with Crippen molar-refractivity contribution in [3.8, 4) is 5.88 Å².